The highest BCUT2D eigenvalue weighted by Gasteiger charge is 2.45. The zero-order valence-electron chi connectivity index (χ0n) is 8.17. The van der Waals surface area contributed by atoms with E-state index in [1.807, 2.05) is 19.2 Å². The summed E-state index contributed by atoms with van der Waals surface area (Å²) in [6.45, 7) is 0. The monoisotopic (exact) mass is 187 g/mol. The molecule has 1 aliphatic carbocycles. The third kappa shape index (κ3) is 0.930. The van der Waals surface area contributed by atoms with Crippen molar-refractivity contribution in [3.8, 4) is 0 Å². The van der Waals surface area contributed by atoms with Crippen LogP contribution in [-0.2, 0) is 5.54 Å². The van der Waals surface area contributed by atoms with Crippen molar-refractivity contribution in [2.45, 2.75) is 18.4 Å². The molecular weight excluding hydrogens is 174 g/mol. The van der Waals surface area contributed by atoms with Crippen LogP contribution >= 0.6 is 0 Å². The number of rotatable bonds is 2. The van der Waals surface area contributed by atoms with E-state index in [0.29, 0.717) is 0 Å². The second kappa shape index (κ2) is 2.58. The molecule has 1 saturated carbocycles. The summed E-state index contributed by atoms with van der Waals surface area (Å²) >= 11 is 0. The lowest BCUT2D eigenvalue weighted by Crippen LogP contribution is -2.25. The molecule has 72 valence electrons. The summed E-state index contributed by atoms with van der Waals surface area (Å²) in [7, 11) is 2.02. The third-order valence-corrected chi connectivity index (χ3v) is 3.17. The molecular formula is C11H13N3. The Kier molecular flexibility index (Phi) is 1.47. The van der Waals surface area contributed by atoms with Crippen molar-refractivity contribution in [3.05, 3.63) is 30.0 Å². The van der Waals surface area contributed by atoms with Gasteiger partial charge in [-0.25, -0.2) is 0 Å². The Morgan fingerprint density at radius 1 is 1.36 bits per heavy atom. The van der Waals surface area contributed by atoms with Gasteiger partial charge in [0.15, 0.2) is 0 Å². The molecule has 0 radical (unpaired) electrons. The molecule has 14 heavy (non-hydrogen) atoms. The standard InChI is InChI=1S/C11H13N3/c1-12-11(6-7-11)10-8-4-2-3-5-9(8)13-14-10/h2-5,12H,6-7H2,1H3,(H,13,14). The maximum Gasteiger partial charge on any atom is 0.0924 e. The third-order valence-electron chi connectivity index (χ3n) is 3.17. The number of aromatic nitrogens is 2. The second-order valence-corrected chi connectivity index (χ2v) is 3.95. The van der Waals surface area contributed by atoms with Crippen LogP contribution in [0.15, 0.2) is 24.3 Å². The summed E-state index contributed by atoms with van der Waals surface area (Å²) in [5.41, 5.74) is 2.48. The molecule has 1 fully saturated rings. The molecule has 0 atom stereocenters. The SMILES string of the molecule is CNC1(c2[nH]nc3ccccc23)CC1. The predicted molar refractivity (Wildman–Crippen MR) is 56.1 cm³/mol. The van der Waals surface area contributed by atoms with E-state index >= 15 is 0 Å². The maximum atomic E-state index is 4.31. The number of benzene rings is 1. The number of aromatic amines is 1. The Hall–Kier alpha value is -1.35. The first-order chi connectivity index (χ1) is 6.86. The molecule has 2 aromatic rings. The van der Waals surface area contributed by atoms with E-state index in [1.165, 1.54) is 23.9 Å². The van der Waals surface area contributed by atoms with E-state index in [1.54, 1.807) is 0 Å². The lowest BCUT2D eigenvalue weighted by molar-refractivity contribution is 0.570. The highest BCUT2D eigenvalue weighted by Crippen LogP contribution is 2.46. The van der Waals surface area contributed by atoms with Crippen molar-refractivity contribution in [3.63, 3.8) is 0 Å². The Balaban J connectivity index is 2.22. The second-order valence-electron chi connectivity index (χ2n) is 3.95. The highest BCUT2D eigenvalue weighted by atomic mass is 15.2. The molecule has 3 nitrogen and oxygen atoms in total. The van der Waals surface area contributed by atoms with Gasteiger partial charge in [0.05, 0.1) is 16.7 Å². The quantitative estimate of drug-likeness (QED) is 0.752. The van der Waals surface area contributed by atoms with E-state index in [-0.39, 0.29) is 5.54 Å². The van der Waals surface area contributed by atoms with Crippen molar-refractivity contribution < 1.29 is 0 Å². The molecule has 1 heterocycles. The molecule has 1 aromatic carbocycles. The van der Waals surface area contributed by atoms with Gasteiger partial charge in [0.25, 0.3) is 0 Å². The van der Waals surface area contributed by atoms with Crippen molar-refractivity contribution >= 4 is 10.9 Å². The number of nitrogens with one attached hydrogen (secondary N) is 2. The Labute approximate surface area is 82.5 Å². The molecule has 0 bridgehead atoms. The molecule has 0 saturated heterocycles. The maximum absolute atomic E-state index is 4.31. The van der Waals surface area contributed by atoms with Gasteiger partial charge in [-0.3, -0.25) is 5.10 Å². The van der Waals surface area contributed by atoms with Gasteiger partial charge in [-0.2, -0.15) is 5.10 Å². The largest absolute Gasteiger partial charge is 0.309 e. The molecule has 3 heteroatoms. The highest BCUT2D eigenvalue weighted by molar-refractivity contribution is 5.82. The molecule has 1 aliphatic rings. The number of nitrogens with zero attached hydrogens (tertiary/aromatic N) is 1. The first-order valence-corrected chi connectivity index (χ1v) is 4.98. The van der Waals surface area contributed by atoms with E-state index in [9.17, 15) is 0 Å². The fourth-order valence-corrected chi connectivity index (χ4v) is 2.07. The van der Waals surface area contributed by atoms with Crippen molar-refractivity contribution in [1.82, 2.24) is 15.5 Å². The first kappa shape index (κ1) is 8.00. The van der Waals surface area contributed by atoms with Crippen LogP contribution in [0.4, 0.5) is 0 Å². The van der Waals surface area contributed by atoms with Gasteiger partial charge in [0, 0.05) is 5.39 Å². The Bertz CT molecular complexity index is 468. The summed E-state index contributed by atoms with van der Waals surface area (Å²) in [6, 6.07) is 8.26. The minimum absolute atomic E-state index is 0.177. The van der Waals surface area contributed by atoms with Crippen molar-refractivity contribution in [2.24, 2.45) is 0 Å². The van der Waals surface area contributed by atoms with Crippen LogP contribution in [0.5, 0.6) is 0 Å². The lowest BCUT2D eigenvalue weighted by atomic mass is 10.1. The zero-order valence-corrected chi connectivity index (χ0v) is 8.17. The average Bonchev–Trinajstić information content (AvgIpc) is 2.91. The minimum atomic E-state index is 0.177. The molecule has 0 amide bonds. The fraction of sp³-hybridized carbons (Fsp3) is 0.364. The van der Waals surface area contributed by atoms with Crippen LogP contribution in [0, 0.1) is 0 Å². The fourth-order valence-electron chi connectivity index (χ4n) is 2.07. The van der Waals surface area contributed by atoms with E-state index in [4.69, 9.17) is 0 Å². The number of fused-ring (bicyclic) bond motifs is 1. The van der Waals surface area contributed by atoms with Crippen LogP contribution in [0.2, 0.25) is 0 Å². The Morgan fingerprint density at radius 2 is 2.14 bits per heavy atom. The summed E-state index contributed by atoms with van der Waals surface area (Å²) < 4.78 is 0. The summed E-state index contributed by atoms with van der Waals surface area (Å²) in [6.07, 6.45) is 2.41. The topological polar surface area (TPSA) is 40.7 Å². The average molecular weight is 187 g/mol. The number of hydrogen-bond acceptors (Lipinski definition) is 2. The number of hydrogen-bond donors (Lipinski definition) is 2. The zero-order chi connectivity index (χ0) is 9.60. The van der Waals surface area contributed by atoms with Crippen molar-refractivity contribution in [2.75, 3.05) is 7.05 Å². The number of para-hydroxylation sites is 1. The normalized spacial score (nSPS) is 18.6. The van der Waals surface area contributed by atoms with Crippen molar-refractivity contribution in [1.29, 1.82) is 0 Å². The molecule has 0 unspecified atom stereocenters. The first-order valence-electron chi connectivity index (χ1n) is 4.98. The van der Waals surface area contributed by atoms with Gasteiger partial charge in [0.1, 0.15) is 0 Å². The van der Waals surface area contributed by atoms with Crippen LogP contribution in [-0.4, -0.2) is 17.2 Å². The van der Waals surface area contributed by atoms with Crippen LogP contribution in [0.3, 0.4) is 0 Å². The van der Waals surface area contributed by atoms with Gasteiger partial charge < -0.3 is 5.32 Å². The summed E-state index contributed by atoms with van der Waals surface area (Å²) in [5.74, 6) is 0. The van der Waals surface area contributed by atoms with Gasteiger partial charge in [0.2, 0.25) is 0 Å². The molecule has 0 aliphatic heterocycles. The summed E-state index contributed by atoms with van der Waals surface area (Å²) in [5, 5.41) is 12.1. The van der Waals surface area contributed by atoms with E-state index in [0.717, 1.165) is 5.52 Å². The summed E-state index contributed by atoms with van der Waals surface area (Å²) in [4.78, 5) is 0. The predicted octanol–water partition coefficient (Wildman–Crippen LogP) is 1.77. The number of H-pyrrole nitrogens is 1. The molecule has 2 N–H and O–H groups in total. The van der Waals surface area contributed by atoms with Gasteiger partial charge in [-0.15, -0.1) is 0 Å². The molecule has 3 rings (SSSR count). The van der Waals surface area contributed by atoms with Crippen LogP contribution in [0.25, 0.3) is 10.9 Å². The smallest absolute Gasteiger partial charge is 0.0924 e. The van der Waals surface area contributed by atoms with Gasteiger partial charge in [-0.1, -0.05) is 18.2 Å². The van der Waals surface area contributed by atoms with Gasteiger partial charge in [-0.05, 0) is 26.0 Å². The van der Waals surface area contributed by atoms with Crippen LogP contribution in [0.1, 0.15) is 18.5 Å². The van der Waals surface area contributed by atoms with E-state index in [2.05, 4.69) is 27.6 Å². The van der Waals surface area contributed by atoms with Crippen LogP contribution < -0.4 is 5.32 Å². The molecule has 0 spiro atoms. The van der Waals surface area contributed by atoms with Gasteiger partial charge >= 0.3 is 0 Å². The Morgan fingerprint density at radius 3 is 2.86 bits per heavy atom. The lowest BCUT2D eigenvalue weighted by Gasteiger charge is -2.11. The minimum Gasteiger partial charge on any atom is -0.309 e. The van der Waals surface area contributed by atoms with E-state index < -0.39 is 0 Å². The molecule has 1 aromatic heterocycles.